The number of aryl methyl sites for hydroxylation is 2. The van der Waals surface area contributed by atoms with Crippen LogP contribution in [0.5, 0.6) is 0 Å². The molecule has 2 aromatic rings. The van der Waals surface area contributed by atoms with Gasteiger partial charge in [-0.2, -0.15) is 0 Å². The molecule has 2 N–H and O–H groups in total. The zero-order chi connectivity index (χ0) is 22.9. The molecule has 1 aliphatic heterocycles. The Kier molecular flexibility index (Phi) is 8.90. The van der Waals surface area contributed by atoms with Crippen LogP contribution in [0.25, 0.3) is 0 Å². The molecule has 2 heterocycles. The lowest BCUT2D eigenvalue weighted by molar-refractivity contribution is -0.125. The fourth-order valence-electron chi connectivity index (χ4n) is 3.66. The van der Waals surface area contributed by atoms with Crippen LogP contribution in [0.4, 0.5) is 5.82 Å². The molecule has 0 bridgehead atoms. The van der Waals surface area contributed by atoms with E-state index < -0.39 is 0 Å². The Labute approximate surface area is 194 Å². The molecule has 0 spiro atoms. The predicted octanol–water partition coefficient (Wildman–Crippen LogP) is 3.24. The van der Waals surface area contributed by atoms with Crippen LogP contribution in [0.3, 0.4) is 0 Å². The van der Waals surface area contributed by atoms with Crippen LogP contribution in [0, 0.1) is 19.8 Å². The molecule has 1 aromatic carbocycles. The topological polar surface area (TPSA) is 87.2 Å². The number of rotatable bonds is 9. The second-order valence-corrected chi connectivity index (χ2v) is 9.29. The van der Waals surface area contributed by atoms with Gasteiger partial charge in [0.1, 0.15) is 5.03 Å². The molecule has 1 aliphatic rings. The molecular weight excluding hydrogens is 422 g/mol. The van der Waals surface area contributed by atoms with Crippen LogP contribution in [0.2, 0.25) is 0 Å². The van der Waals surface area contributed by atoms with Crippen molar-refractivity contribution in [3.8, 4) is 0 Å². The zero-order valence-electron chi connectivity index (χ0n) is 19.2. The van der Waals surface area contributed by atoms with Crippen molar-refractivity contribution in [1.82, 2.24) is 20.8 Å². The average molecular weight is 456 g/mol. The van der Waals surface area contributed by atoms with Gasteiger partial charge < -0.3 is 15.5 Å². The summed E-state index contributed by atoms with van der Waals surface area (Å²) in [5.41, 5.74) is 3.57. The van der Waals surface area contributed by atoms with Crippen molar-refractivity contribution in [2.45, 2.75) is 51.6 Å². The van der Waals surface area contributed by atoms with E-state index >= 15 is 0 Å². The third-order valence-electron chi connectivity index (χ3n) is 5.70. The summed E-state index contributed by atoms with van der Waals surface area (Å²) in [6.45, 7) is 8.99. The highest BCUT2D eigenvalue weighted by Gasteiger charge is 2.26. The number of anilines is 1. The van der Waals surface area contributed by atoms with Gasteiger partial charge >= 0.3 is 0 Å². The minimum atomic E-state index is -0.0314. The van der Waals surface area contributed by atoms with E-state index in [0.29, 0.717) is 23.9 Å². The first-order chi connectivity index (χ1) is 15.5. The van der Waals surface area contributed by atoms with E-state index in [9.17, 15) is 9.59 Å². The molecule has 1 aromatic heterocycles. The summed E-state index contributed by atoms with van der Waals surface area (Å²) in [5.74, 6) is 1.16. The van der Waals surface area contributed by atoms with Gasteiger partial charge in [-0.05, 0) is 61.9 Å². The Balaban J connectivity index is 1.45. The molecule has 0 aliphatic carbocycles. The summed E-state index contributed by atoms with van der Waals surface area (Å²) in [4.78, 5) is 26.6. The molecule has 172 valence electrons. The molecule has 2 amide bonds. The lowest BCUT2D eigenvalue weighted by Gasteiger charge is -2.32. The molecule has 1 fully saturated rings. The number of carbonyl (C=O) groups is 2. The molecular formula is C24H33N5O2S. The molecule has 1 saturated heterocycles. The van der Waals surface area contributed by atoms with Crippen molar-refractivity contribution in [3.63, 3.8) is 0 Å². The van der Waals surface area contributed by atoms with Crippen molar-refractivity contribution in [2.24, 2.45) is 5.92 Å². The van der Waals surface area contributed by atoms with Crippen LogP contribution >= 0.6 is 11.8 Å². The Morgan fingerprint density at radius 2 is 1.97 bits per heavy atom. The number of piperidine rings is 1. The Bertz CT molecular complexity index is 919. The molecule has 0 saturated carbocycles. The highest BCUT2D eigenvalue weighted by molar-refractivity contribution is 7.99. The fourth-order valence-corrected chi connectivity index (χ4v) is 4.30. The first kappa shape index (κ1) is 24.0. The van der Waals surface area contributed by atoms with Crippen LogP contribution in [-0.2, 0) is 16.1 Å². The third kappa shape index (κ3) is 6.95. The van der Waals surface area contributed by atoms with Gasteiger partial charge in [0.15, 0.2) is 5.82 Å². The molecule has 32 heavy (non-hydrogen) atoms. The fraction of sp³-hybridized carbons (Fsp3) is 0.500. The highest BCUT2D eigenvalue weighted by Crippen LogP contribution is 2.23. The summed E-state index contributed by atoms with van der Waals surface area (Å²) in [6, 6.07) is 10.0. The van der Waals surface area contributed by atoms with Gasteiger partial charge in [0, 0.05) is 26.2 Å². The predicted molar refractivity (Wildman–Crippen MR) is 129 cm³/mol. The summed E-state index contributed by atoms with van der Waals surface area (Å²) in [7, 11) is 0. The molecule has 8 heteroatoms. The average Bonchev–Trinajstić information content (AvgIpc) is 2.82. The van der Waals surface area contributed by atoms with E-state index in [0.717, 1.165) is 43.7 Å². The first-order valence-electron chi connectivity index (χ1n) is 11.3. The van der Waals surface area contributed by atoms with Crippen molar-refractivity contribution in [2.75, 3.05) is 30.3 Å². The molecule has 0 unspecified atom stereocenters. The second-order valence-electron chi connectivity index (χ2n) is 8.29. The monoisotopic (exact) mass is 455 g/mol. The van der Waals surface area contributed by atoms with Crippen LogP contribution in [0.1, 0.15) is 42.9 Å². The molecule has 7 nitrogen and oxygen atoms in total. The smallest absolute Gasteiger partial charge is 0.230 e. The SMILES string of the molecule is CCCNC(=O)[C@@H]1CCCN(c2ccc(SCC(=O)NCc3ccc(C)c(C)c3)nn2)C1. The van der Waals surface area contributed by atoms with Crippen molar-refractivity contribution in [3.05, 3.63) is 47.0 Å². The van der Waals surface area contributed by atoms with Crippen LogP contribution in [0.15, 0.2) is 35.4 Å². The zero-order valence-corrected chi connectivity index (χ0v) is 20.0. The number of aromatic nitrogens is 2. The largest absolute Gasteiger partial charge is 0.356 e. The van der Waals surface area contributed by atoms with Crippen molar-refractivity contribution >= 4 is 29.4 Å². The van der Waals surface area contributed by atoms with Gasteiger partial charge in [-0.25, -0.2) is 0 Å². The number of amides is 2. The second kappa shape index (κ2) is 11.9. The summed E-state index contributed by atoms with van der Waals surface area (Å²) in [5, 5.41) is 15.3. The van der Waals surface area contributed by atoms with E-state index in [1.807, 2.05) is 18.2 Å². The quantitative estimate of drug-likeness (QED) is 0.565. The number of benzene rings is 1. The van der Waals surface area contributed by atoms with Gasteiger partial charge in [0.2, 0.25) is 11.8 Å². The maximum absolute atomic E-state index is 12.3. The van der Waals surface area contributed by atoms with E-state index in [1.54, 1.807) is 0 Å². The van der Waals surface area contributed by atoms with E-state index in [2.05, 4.69) is 58.6 Å². The number of hydrogen-bond acceptors (Lipinski definition) is 6. The van der Waals surface area contributed by atoms with Gasteiger partial charge in [0.05, 0.1) is 11.7 Å². The third-order valence-corrected chi connectivity index (χ3v) is 6.62. The maximum Gasteiger partial charge on any atom is 0.230 e. The van der Waals surface area contributed by atoms with Gasteiger partial charge in [-0.15, -0.1) is 10.2 Å². The highest BCUT2D eigenvalue weighted by atomic mass is 32.2. The summed E-state index contributed by atoms with van der Waals surface area (Å²) >= 11 is 1.37. The lowest BCUT2D eigenvalue weighted by Crippen LogP contribution is -2.43. The van der Waals surface area contributed by atoms with E-state index in [4.69, 9.17) is 0 Å². The van der Waals surface area contributed by atoms with E-state index in [-0.39, 0.29) is 17.7 Å². The Morgan fingerprint density at radius 1 is 1.12 bits per heavy atom. The minimum Gasteiger partial charge on any atom is -0.356 e. The number of carbonyl (C=O) groups excluding carboxylic acids is 2. The van der Waals surface area contributed by atoms with Crippen LogP contribution < -0.4 is 15.5 Å². The number of hydrogen-bond donors (Lipinski definition) is 2. The number of thioether (sulfide) groups is 1. The Morgan fingerprint density at radius 3 is 2.69 bits per heavy atom. The number of nitrogens with zero attached hydrogens (tertiary/aromatic N) is 3. The van der Waals surface area contributed by atoms with Gasteiger partial charge in [0.25, 0.3) is 0 Å². The van der Waals surface area contributed by atoms with Crippen LogP contribution in [-0.4, -0.2) is 47.4 Å². The summed E-state index contributed by atoms with van der Waals surface area (Å²) < 4.78 is 0. The van der Waals surface area contributed by atoms with Gasteiger partial charge in [-0.1, -0.05) is 36.9 Å². The van der Waals surface area contributed by atoms with Crippen molar-refractivity contribution < 1.29 is 9.59 Å². The van der Waals surface area contributed by atoms with Crippen molar-refractivity contribution in [1.29, 1.82) is 0 Å². The first-order valence-corrected chi connectivity index (χ1v) is 12.3. The van der Waals surface area contributed by atoms with Gasteiger partial charge in [-0.3, -0.25) is 9.59 Å². The minimum absolute atomic E-state index is 0.00726. The maximum atomic E-state index is 12.3. The lowest BCUT2D eigenvalue weighted by atomic mass is 9.97. The van der Waals surface area contributed by atoms with E-state index in [1.165, 1.54) is 22.9 Å². The Hall–Kier alpha value is -2.61. The molecule has 1 atom stereocenters. The molecule has 0 radical (unpaired) electrons. The summed E-state index contributed by atoms with van der Waals surface area (Å²) in [6.07, 6.45) is 2.81. The molecule has 3 rings (SSSR count). The number of nitrogens with one attached hydrogen (secondary N) is 2. The normalized spacial score (nSPS) is 16.0. The standard InChI is InChI=1S/C24H33N5O2S/c1-4-11-25-24(31)20-6-5-12-29(15-20)21-9-10-23(28-27-21)32-16-22(30)26-14-19-8-7-17(2)18(3)13-19/h7-10,13,20H,4-6,11-12,14-16H2,1-3H3,(H,25,31)(H,26,30)/t20-/m1/s1.